The minimum absolute atomic E-state index is 0.316. The Morgan fingerprint density at radius 2 is 2.09 bits per heavy atom. The highest BCUT2D eigenvalue weighted by molar-refractivity contribution is 4.90. The van der Waals surface area contributed by atoms with E-state index in [9.17, 15) is 10.2 Å². The molecule has 1 radical (unpaired) electrons. The van der Waals surface area contributed by atoms with Crippen LogP contribution in [0.15, 0.2) is 0 Å². The first-order chi connectivity index (χ1) is 5.16. The van der Waals surface area contributed by atoms with Gasteiger partial charge in [-0.1, -0.05) is 0 Å². The van der Waals surface area contributed by atoms with Crippen molar-refractivity contribution in [1.29, 1.82) is 0 Å². The normalized spacial score (nSPS) is 45.8. The van der Waals surface area contributed by atoms with E-state index >= 15 is 0 Å². The molecular weight excluding hydrogens is 148 g/mol. The lowest BCUT2D eigenvalue weighted by Crippen LogP contribution is -2.50. The third-order valence-corrected chi connectivity index (χ3v) is 1.86. The first-order valence-electron chi connectivity index (χ1n) is 3.54. The maximum absolute atomic E-state index is 9.38. The number of rotatable bonds is 1. The fourth-order valence-corrected chi connectivity index (χ4v) is 1.11. The van der Waals surface area contributed by atoms with Crippen molar-refractivity contribution in [3.05, 3.63) is 6.61 Å². The fourth-order valence-electron chi connectivity index (χ4n) is 1.11. The van der Waals surface area contributed by atoms with Crippen molar-refractivity contribution in [3.8, 4) is 0 Å². The van der Waals surface area contributed by atoms with Crippen LogP contribution in [0.25, 0.3) is 0 Å². The second-order valence-corrected chi connectivity index (χ2v) is 2.66. The topological polar surface area (TPSA) is 58.9 Å². The maximum Gasteiger partial charge on any atom is 0.115 e. The Balaban J connectivity index is 2.55. The molecule has 1 aliphatic heterocycles. The standard InChI is InChI=1S/C7H13O4/c1-4-6(9)7(10-2)5(8)3-11-4/h3-9H,1-2H3/t4-,5+,6+,7-/m1/s1. The molecule has 65 valence electrons. The predicted octanol–water partition coefficient (Wildman–Crippen LogP) is -0.696. The van der Waals surface area contributed by atoms with Crippen LogP contribution in [0, 0.1) is 6.61 Å². The van der Waals surface area contributed by atoms with Crippen LogP contribution in [-0.2, 0) is 9.47 Å². The molecule has 1 fully saturated rings. The zero-order chi connectivity index (χ0) is 8.43. The molecule has 0 aromatic rings. The Morgan fingerprint density at radius 1 is 1.45 bits per heavy atom. The van der Waals surface area contributed by atoms with E-state index in [4.69, 9.17) is 9.47 Å². The molecule has 0 unspecified atom stereocenters. The van der Waals surface area contributed by atoms with Crippen molar-refractivity contribution in [2.75, 3.05) is 7.11 Å². The Kier molecular flexibility index (Phi) is 2.84. The molecule has 1 rings (SSSR count). The summed E-state index contributed by atoms with van der Waals surface area (Å²) in [6, 6.07) is 0. The van der Waals surface area contributed by atoms with E-state index in [1.165, 1.54) is 13.7 Å². The van der Waals surface area contributed by atoms with Crippen molar-refractivity contribution in [3.63, 3.8) is 0 Å². The highest BCUT2D eigenvalue weighted by Crippen LogP contribution is 2.19. The zero-order valence-corrected chi connectivity index (χ0v) is 6.60. The van der Waals surface area contributed by atoms with E-state index in [0.29, 0.717) is 0 Å². The number of aliphatic hydroxyl groups excluding tert-OH is 2. The molecule has 4 nitrogen and oxygen atoms in total. The molecule has 0 aromatic heterocycles. The molecule has 0 aromatic carbocycles. The molecule has 0 bridgehead atoms. The van der Waals surface area contributed by atoms with Crippen LogP contribution in [0.1, 0.15) is 6.92 Å². The molecular formula is C7H13O4. The minimum atomic E-state index is -0.841. The summed E-state index contributed by atoms with van der Waals surface area (Å²) < 4.78 is 9.80. The van der Waals surface area contributed by atoms with Gasteiger partial charge in [-0.3, -0.25) is 0 Å². The van der Waals surface area contributed by atoms with Crippen molar-refractivity contribution in [2.24, 2.45) is 0 Å². The van der Waals surface area contributed by atoms with Gasteiger partial charge in [0.1, 0.15) is 24.9 Å². The van der Waals surface area contributed by atoms with Gasteiger partial charge in [0.25, 0.3) is 0 Å². The first kappa shape index (κ1) is 8.93. The Labute approximate surface area is 65.7 Å². The molecule has 1 aliphatic rings. The van der Waals surface area contributed by atoms with Crippen LogP contribution in [0.4, 0.5) is 0 Å². The molecule has 0 spiro atoms. The summed E-state index contributed by atoms with van der Waals surface area (Å²) in [5, 5.41) is 18.6. The van der Waals surface area contributed by atoms with Gasteiger partial charge < -0.3 is 19.7 Å². The van der Waals surface area contributed by atoms with Crippen LogP contribution in [0.5, 0.6) is 0 Å². The number of hydrogen-bond donors (Lipinski definition) is 2. The highest BCUT2D eigenvalue weighted by Gasteiger charge is 2.36. The Morgan fingerprint density at radius 3 is 2.55 bits per heavy atom. The highest BCUT2D eigenvalue weighted by atomic mass is 16.5. The van der Waals surface area contributed by atoms with Crippen molar-refractivity contribution in [1.82, 2.24) is 0 Å². The van der Waals surface area contributed by atoms with Crippen molar-refractivity contribution in [2.45, 2.75) is 31.3 Å². The van der Waals surface area contributed by atoms with E-state index < -0.39 is 18.3 Å². The molecule has 0 saturated carbocycles. The molecule has 1 saturated heterocycles. The largest absolute Gasteiger partial charge is 0.388 e. The molecule has 11 heavy (non-hydrogen) atoms. The summed E-state index contributed by atoms with van der Waals surface area (Å²) in [6.07, 6.45) is -2.49. The molecule has 1 heterocycles. The van der Waals surface area contributed by atoms with E-state index in [2.05, 4.69) is 0 Å². The van der Waals surface area contributed by atoms with Gasteiger partial charge in [0, 0.05) is 7.11 Å². The Hall–Kier alpha value is -0.160. The third kappa shape index (κ3) is 1.70. The van der Waals surface area contributed by atoms with Gasteiger partial charge >= 0.3 is 0 Å². The van der Waals surface area contributed by atoms with Crippen LogP contribution in [-0.4, -0.2) is 41.7 Å². The summed E-state index contributed by atoms with van der Waals surface area (Å²) in [7, 11) is 1.45. The van der Waals surface area contributed by atoms with Crippen LogP contribution < -0.4 is 0 Å². The quantitative estimate of drug-likeness (QED) is 0.534. The summed E-state index contributed by atoms with van der Waals surface area (Å²) in [6.45, 7) is 3.00. The monoisotopic (exact) mass is 161 g/mol. The van der Waals surface area contributed by atoms with Gasteiger partial charge in [-0.15, -0.1) is 0 Å². The van der Waals surface area contributed by atoms with Crippen LogP contribution in [0.2, 0.25) is 0 Å². The number of methoxy groups -OCH3 is 1. The number of ether oxygens (including phenoxy) is 2. The predicted molar refractivity (Wildman–Crippen MR) is 37.7 cm³/mol. The summed E-state index contributed by atoms with van der Waals surface area (Å²) in [5.41, 5.74) is 0. The summed E-state index contributed by atoms with van der Waals surface area (Å²) >= 11 is 0. The summed E-state index contributed by atoms with van der Waals surface area (Å²) in [4.78, 5) is 0. The van der Waals surface area contributed by atoms with Crippen molar-refractivity contribution < 1.29 is 19.7 Å². The van der Waals surface area contributed by atoms with Crippen LogP contribution in [0.3, 0.4) is 0 Å². The molecule has 0 amide bonds. The third-order valence-electron chi connectivity index (χ3n) is 1.86. The first-order valence-corrected chi connectivity index (χ1v) is 3.54. The van der Waals surface area contributed by atoms with E-state index in [-0.39, 0.29) is 6.10 Å². The number of hydrogen-bond acceptors (Lipinski definition) is 4. The maximum atomic E-state index is 9.38. The van der Waals surface area contributed by atoms with E-state index in [1.807, 2.05) is 0 Å². The smallest absolute Gasteiger partial charge is 0.115 e. The van der Waals surface area contributed by atoms with Gasteiger partial charge in [0.05, 0.1) is 6.10 Å². The van der Waals surface area contributed by atoms with Gasteiger partial charge in [-0.25, -0.2) is 0 Å². The molecule has 4 atom stereocenters. The van der Waals surface area contributed by atoms with Gasteiger partial charge in [0.2, 0.25) is 0 Å². The second-order valence-electron chi connectivity index (χ2n) is 2.66. The average molecular weight is 161 g/mol. The Bertz CT molecular complexity index is 128. The van der Waals surface area contributed by atoms with Gasteiger partial charge in [0.15, 0.2) is 0 Å². The fraction of sp³-hybridized carbons (Fsp3) is 0.857. The van der Waals surface area contributed by atoms with Gasteiger partial charge in [-0.05, 0) is 6.92 Å². The lowest BCUT2D eigenvalue weighted by atomic mass is 10.0. The minimum Gasteiger partial charge on any atom is -0.388 e. The van der Waals surface area contributed by atoms with Crippen LogP contribution >= 0.6 is 0 Å². The molecule has 4 heteroatoms. The van der Waals surface area contributed by atoms with E-state index in [0.717, 1.165) is 0 Å². The zero-order valence-electron chi connectivity index (χ0n) is 6.60. The number of aliphatic hydroxyl groups is 2. The van der Waals surface area contributed by atoms with Gasteiger partial charge in [-0.2, -0.15) is 0 Å². The SMILES string of the molecule is CO[C@H]1[C@@H](O)[C@@H](C)O[CH][C@@H]1O. The lowest BCUT2D eigenvalue weighted by molar-refractivity contribution is -0.166. The lowest BCUT2D eigenvalue weighted by Gasteiger charge is -2.34. The average Bonchev–Trinajstić information content (AvgIpc) is 1.99. The molecule has 0 aliphatic carbocycles. The second kappa shape index (κ2) is 3.49. The van der Waals surface area contributed by atoms with Crippen molar-refractivity contribution >= 4 is 0 Å². The molecule has 2 N–H and O–H groups in total. The summed E-state index contributed by atoms with van der Waals surface area (Å²) in [5.74, 6) is 0. The van der Waals surface area contributed by atoms with E-state index in [1.54, 1.807) is 6.92 Å².